The molecule has 1 saturated heterocycles. The number of carbonyl (C=O) groups excluding carboxylic acids is 1. The number of hydrogen-bond acceptors (Lipinski definition) is 7. The van der Waals surface area contributed by atoms with E-state index in [1.165, 1.54) is 0 Å². The molecule has 5 rings (SSSR count). The number of ether oxygens (including phenoxy) is 1. The quantitative estimate of drug-likeness (QED) is 0.649. The fourth-order valence-corrected chi connectivity index (χ4v) is 4.94. The van der Waals surface area contributed by atoms with Crippen molar-refractivity contribution in [3.05, 3.63) is 54.3 Å². The third-order valence-electron chi connectivity index (χ3n) is 5.92. The van der Waals surface area contributed by atoms with E-state index in [-0.39, 0.29) is 11.7 Å². The van der Waals surface area contributed by atoms with Crippen LogP contribution in [0.3, 0.4) is 0 Å². The number of amides is 1. The highest BCUT2D eigenvalue weighted by Gasteiger charge is 2.47. The molecule has 0 radical (unpaired) electrons. The minimum atomic E-state index is -0.364. The second kappa shape index (κ2) is 8.02. The normalized spacial score (nSPS) is 23.5. The van der Waals surface area contributed by atoms with Crippen LogP contribution in [-0.2, 0) is 4.74 Å². The maximum atomic E-state index is 12.4. The zero-order valence-corrected chi connectivity index (χ0v) is 17.3. The van der Waals surface area contributed by atoms with Gasteiger partial charge in [0.25, 0.3) is 0 Å². The van der Waals surface area contributed by atoms with Crippen LogP contribution in [0.4, 0.5) is 15.6 Å². The van der Waals surface area contributed by atoms with Crippen LogP contribution in [0, 0.1) is 5.92 Å². The number of anilines is 2. The number of nitrogens with zero attached hydrogens (tertiary/aromatic N) is 4. The van der Waals surface area contributed by atoms with Crippen molar-refractivity contribution in [2.24, 2.45) is 5.92 Å². The first-order valence-corrected chi connectivity index (χ1v) is 11.1. The zero-order valence-electron chi connectivity index (χ0n) is 16.5. The molecule has 3 aromatic rings. The van der Waals surface area contributed by atoms with Crippen molar-refractivity contribution in [1.29, 1.82) is 0 Å². The van der Waals surface area contributed by atoms with Crippen LogP contribution in [0.15, 0.2) is 54.3 Å². The van der Waals surface area contributed by atoms with E-state index in [2.05, 4.69) is 20.3 Å². The molecular formula is C22H23N5O2S. The molecule has 8 heteroatoms. The lowest BCUT2D eigenvalue weighted by Crippen LogP contribution is -2.39. The average molecular weight is 422 g/mol. The van der Waals surface area contributed by atoms with E-state index in [0.29, 0.717) is 12.5 Å². The molecule has 1 aliphatic heterocycles. The van der Waals surface area contributed by atoms with Crippen molar-refractivity contribution in [3.8, 4) is 11.4 Å². The van der Waals surface area contributed by atoms with Gasteiger partial charge in [0.05, 0.1) is 24.1 Å². The van der Waals surface area contributed by atoms with Crippen molar-refractivity contribution in [2.45, 2.75) is 31.3 Å². The Hall–Kier alpha value is -3.00. The number of aromatic nitrogens is 3. The Morgan fingerprint density at radius 1 is 1.17 bits per heavy atom. The molecule has 4 heterocycles. The molecule has 0 aromatic carbocycles. The summed E-state index contributed by atoms with van der Waals surface area (Å²) < 4.78 is 5.84. The highest BCUT2D eigenvalue weighted by molar-refractivity contribution is 7.14. The molecule has 30 heavy (non-hydrogen) atoms. The van der Waals surface area contributed by atoms with Crippen LogP contribution in [0.5, 0.6) is 0 Å². The van der Waals surface area contributed by atoms with E-state index < -0.39 is 0 Å². The van der Waals surface area contributed by atoms with Crippen LogP contribution in [0.25, 0.3) is 11.4 Å². The molecule has 2 aliphatic rings. The lowest BCUT2D eigenvalue weighted by atomic mass is 9.78. The van der Waals surface area contributed by atoms with Crippen molar-refractivity contribution in [1.82, 2.24) is 15.0 Å². The highest BCUT2D eigenvalue weighted by atomic mass is 32.1. The molecule has 0 unspecified atom stereocenters. The van der Waals surface area contributed by atoms with Crippen LogP contribution >= 0.6 is 11.3 Å². The molecule has 1 aliphatic carbocycles. The molecule has 3 aromatic heterocycles. The fourth-order valence-electron chi connectivity index (χ4n) is 4.22. The van der Waals surface area contributed by atoms with Gasteiger partial charge >= 0.3 is 6.09 Å². The molecule has 0 atom stereocenters. The van der Waals surface area contributed by atoms with Gasteiger partial charge in [-0.25, -0.2) is 9.78 Å². The van der Waals surface area contributed by atoms with Gasteiger partial charge in [-0.3, -0.25) is 14.9 Å². The molecule has 1 N–H and O–H groups in total. The summed E-state index contributed by atoms with van der Waals surface area (Å²) in [4.78, 5) is 27.2. The van der Waals surface area contributed by atoms with Crippen molar-refractivity contribution in [2.75, 3.05) is 23.3 Å². The zero-order chi connectivity index (χ0) is 20.4. The van der Waals surface area contributed by atoms with E-state index in [1.807, 2.05) is 35.7 Å². The summed E-state index contributed by atoms with van der Waals surface area (Å²) in [5.41, 5.74) is 2.23. The van der Waals surface area contributed by atoms with Crippen molar-refractivity contribution < 1.29 is 9.53 Å². The van der Waals surface area contributed by atoms with Crippen LogP contribution < -0.4 is 10.2 Å². The Morgan fingerprint density at radius 3 is 2.83 bits per heavy atom. The minimum absolute atomic E-state index is 0.260. The highest BCUT2D eigenvalue weighted by Crippen LogP contribution is 2.40. The first kappa shape index (κ1) is 19.0. The Labute approximate surface area is 179 Å². The summed E-state index contributed by atoms with van der Waals surface area (Å²) in [6.07, 6.45) is 8.77. The Balaban J connectivity index is 1.15. The van der Waals surface area contributed by atoms with Gasteiger partial charge in [0.15, 0.2) is 5.13 Å². The standard InChI is InChI=1S/C22H23N5O2S/c28-21-27(17-4-3-10-23-13-17)15-22(29-21)8-6-16(7-9-22)12-25-20-26-19(14-30-20)18-5-1-2-11-24-18/h1-5,10-11,13-14,16H,6-9,12,15H2,(H,25,26)/t16-,22+. The number of nitrogens with one attached hydrogen (secondary N) is 1. The molecule has 154 valence electrons. The molecule has 2 fully saturated rings. The first-order chi connectivity index (χ1) is 14.7. The molecule has 1 amide bonds. The number of rotatable bonds is 5. The van der Waals surface area contributed by atoms with Crippen LogP contribution in [0.1, 0.15) is 25.7 Å². The summed E-state index contributed by atoms with van der Waals surface area (Å²) in [6, 6.07) is 9.58. The molecule has 7 nitrogen and oxygen atoms in total. The minimum Gasteiger partial charge on any atom is -0.441 e. The second-order valence-corrected chi connectivity index (χ2v) is 8.78. The van der Waals surface area contributed by atoms with E-state index in [1.54, 1.807) is 34.8 Å². The van der Waals surface area contributed by atoms with E-state index >= 15 is 0 Å². The van der Waals surface area contributed by atoms with E-state index in [0.717, 1.165) is 54.4 Å². The van der Waals surface area contributed by atoms with Crippen molar-refractivity contribution in [3.63, 3.8) is 0 Å². The molecule has 1 saturated carbocycles. The summed E-state index contributed by atoms with van der Waals surface area (Å²) >= 11 is 1.61. The summed E-state index contributed by atoms with van der Waals surface area (Å²) in [7, 11) is 0. The predicted octanol–water partition coefficient (Wildman–Crippen LogP) is 4.60. The molecular weight excluding hydrogens is 398 g/mol. The SMILES string of the molecule is O=C1O[C@]2(CC[C@@H](CNc3nc(-c4ccccn4)cs3)CC2)CN1c1cccnc1. The fraction of sp³-hybridized carbons (Fsp3) is 0.364. The lowest BCUT2D eigenvalue weighted by Gasteiger charge is -2.35. The van der Waals surface area contributed by atoms with Gasteiger partial charge < -0.3 is 10.1 Å². The van der Waals surface area contributed by atoms with Gasteiger partial charge in [-0.2, -0.15) is 0 Å². The average Bonchev–Trinajstić information content (AvgIpc) is 3.39. The third-order valence-corrected chi connectivity index (χ3v) is 6.72. The number of carbonyl (C=O) groups is 1. The summed E-state index contributed by atoms with van der Waals surface area (Å²) in [5.74, 6) is 0.545. The van der Waals surface area contributed by atoms with Crippen LogP contribution in [-0.4, -0.2) is 39.7 Å². The molecule has 1 spiro atoms. The van der Waals surface area contributed by atoms with Crippen molar-refractivity contribution >= 4 is 28.2 Å². The summed E-state index contributed by atoms with van der Waals surface area (Å²) in [6.45, 7) is 1.49. The maximum absolute atomic E-state index is 12.4. The lowest BCUT2D eigenvalue weighted by molar-refractivity contribution is 0.0148. The Morgan fingerprint density at radius 2 is 2.07 bits per heavy atom. The van der Waals surface area contributed by atoms with Gasteiger partial charge in [0, 0.05) is 24.3 Å². The number of pyridine rings is 2. The molecule has 0 bridgehead atoms. The van der Waals surface area contributed by atoms with Gasteiger partial charge in [0.2, 0.25) is 0 Å². The Bertz CT molecular complexity index is 1000. The first-order valence-electron chi connectivity index (χ1n) is 10.2. The number of thiazole rings is 1. The van der Waals surface area contributed by atoms with Gasteiger partial charge in [0.1, 0.15) is 11.3 Å². The van der Waals surface area contributed by atoms with Gasteiger partial charge in [-0.1, -0.05) is 6.07 Å². The van der Waals surface area contributed by atoms with Gasteiger partial charge in [-0.05, 0) is 55.9 Å². The number of hydrogen-bond donors (Lipinski definition) is 1. The van der Waals surface area contributed by atoms with E-state index in [4.69, 9.17) is 4.74 Å². The summed E-state index contributed by atoms with van der Waals surface area (Å²) in [5, 5.41) is 6.44. The van der Waals surface area contributed by atoms with Gasteiger partial charge in [-0.15, -0.1) is 11.3 Å². The smallest absolute Gasteiger partial charge is 0.415 e. The predicted molar refractivity (Wildman–Crippen MR) is 117 cm³/mol. The topological polar surface area (TPSA) is 80.2 Å². The van der Waals surface area contributed by atoms with E-state index in [9.17, 15) is 4.79 Å². The third kappa shape index (κ3) is 3.87. The van der Waals surface area contributed by atoms with Crippen LogP contribution in [0.2, 0.25) is 0 Å². The largest absolute Gasteiger partial charge is 0.441 e. The maximum Gasteiger partial charge on any atom is 0.415 e. The monoisotopic (exact) mass is 421 g/mol. The second-order valence-electron chi connectivity index (χ2n) is 7.93. The Kier molecular flexibility index (Phi) is 5.08.